The van der Waals surface area contributed by atoms with Crippen molar-refractivity contribution < 1.29 is 4.74 Å². The predicted octanol–water partition coefficient (Wildman–Crippen LogP) is 7.76. The number of hydrogen-bond acceptors (Lipinski definition) is 1. The molecule has 0 bridgehead atoms. The fourth-order valence-corrected chi connectivity index (χ4v) is 3.32. The van der Waals surface area contributed by atoms with Gasteiger partial charge in [0, 0.05) is 0 Å². The van der Waals surface area contributed by atoms with Crippen molar-refractivity contribution in [3.63, 3.8) is 0 Å². The van der Waals surface area contributed by atoms with Crippen molar-refractivity contribution in [1.82, 2.24) is 0 Å². The summed E-state index contributed by atoms with van der Waals surface area (Å²) in [5.41, 5.74) is 1.52. The van der Waals surface area contributed by atoms with Crippen LogP contribution in [-0.4, -0.2) is 11.7 Å². The average Bonchev–Trinajstić information content (AvgIpc) is 3.18. The van der Waals surface area contributed by atoms with Crippen LogP contribution in [0.5, 0.6) is 0 Å². The first-order valence-corrected chi connectivity index (χ1v) is 10.6. The molecule has 0 aromatic carbocycles. The van der Waals surface area contributed by atoms with E-state index in [4.69, 9.17) is 4.74 Å². The maximum absolute atomic E-state index is 5.87. The van der Waals surface area contributed by atoms with E-state index in [0.717, 1.165) is 12.8 Å². The Morgan fingerprint density at radius 2 is 1.46 bits per heavy atom. The Labute approximate surface area is 151 Å². The Hall–Kier alpha value is -0.560. The van der Waals surface area contributed by atoms with Crippen LogP contribution in [0, 0.1) is 0 Å². The zero-order valence-corrected chi connectivity index (χ0v) is 16.9. The van der Waals surface area contributed by atoms with E-state index in [1.54, 1.807) is 0 Å². The number of allylic oxidation sites excluding steroid dienone is 3. The van der Waals surface area contributed by atoms with Crippen LogP contribution >= 0.6 is 0 Å². The molecular formula is C23H42O. The van der Waals surface area contributed by atoms with E-state index >= 15 is 0 Å². The van der Waals surface area contributed by atoms with Crippen molar-refractivity contribution in [2.45, 2.75) is 123 Å². The molecule has 1 fully saturated rings. The molecule has 1 saturated heterocycles. The lowest BCUT2D eigenvalue weighted by atomic mass is 10.00. The lowest BCUT2D eigenvalue weighted by molar-refractivity contribution is 0.303. The number of ether oxygens (including phenoxy) is 1. The summed E-state index contributed by atoms with van der Waals surface area (Å²) in [6.07, 6.45) is 25.0. The highest BCUT2D eigenvalue weighted by atomic mass is 16.6. The largest absolute Gasteiger partial charge is 0.362 e. The van der Waals surface area contributed by atoms with Gasteiger partial charge in [0.05, 0.1) is 5.60 Å². The Balaban J connectivity index is 1.90. The van der Waals surface area contributed by atoms with E-state index < -0.39 is 0 Å². The topological polar surface area (TPSA) is 12.5 Å². The van der Waals surface area contributed by atoms with Gasteiger partial charge in [-0.05, 0) is 46.5 Å². The molecule has 24 heavy (non-hydrogen) atoms. The number of epoxide rings is 1. The van der Waals surface area contributed by atoms with Crippen LogP contribution in [0.2, 0.25) is 0 Å². The van der Waals surface area contributed by atoms with E-state index in [-0.39, 0.29) is 5.60 Å². The summed E-state index contributed by atoms with van der Waals surface area (Å²) in [5, 5.41) is 0. The van der Waals surface area contributed by atoms with Crippen LogP contribution in [0.1, 0.15) is 111 Å². The second kappa shape index (κ2) is 12.8. The Morgan fingerprint density at radius 3 is 2.04 bits per heavy atom. The minimum Gasteiger partial charge on any atom is -0.362 e. The lowest BCUT2D eigenvalue weighted by Crippen LogP contribution is -2.07. The van der Waals surface area contributed by atoms with Crippen LogP contribution in [-0.2, 0) is 4.74 Å². The summed E-state index contributed by atoms with van der Waals surface area (Å²) in [7, 11) is 0. The summed E-state index contributed by atoms with van der Waals surface area (Å²) in [6.45, 7) is 8.87. The summed E-state index contributed by atoms with van der Waals surface area (Å²) >= 11 is 0. The van der Waals surface area contributed by atoms with Gasteiger partial charge in [0.2, 0.25) is 0 Å². The zero-order valence-electron chi connectivity index (χ0n) is 16.9. The average molecular weight is 335 g/mol. The van der Waals surface area contributed by atoms with Crippen molar-refractivity contribution in [3.8, 4) is 0 Å². The molecule has 1 rings (SSSR count). The summed E-state index contributed by atoms with van der Waals surface area (Å²) in [6, 6.07) is 0. The molecule has 2 atom stereocenters. The molecule has 1 nitrogen and oxygen atoms in total. The van der Waals surface area contributed by atoms with Gasteiger partial charge >= 0.3 is 0 Å². The third-order valence-electron chi connectivity index (χ3n) is 5.17. The highest BCUT2D eigenvalue weighted by Gasteiger charge is 2.49. The fourth-order valence-electron chi connectivity index (χ4n) is 3.32. The molecule has 0 spiro atoms. The fraction of sp³-hybridized carbons (Fsp3) is 0.826. The second-order valence-electron chi connectivity index (χ2n) is 8.07. The molecule has 1 heterocycles. The van der Waals surface area contributed by atoms with Gasteiger partial charge in [-0.2, -0.15) is 0 Å². The van der Waals surface area contributed by atoms with E-state index in [1.807, 2.05) is 0 Å². The van der Waals surface area contributed by atoms with Crippen LogP contribution in [0.25, 0.3) is 0 Å². The molecule has 0 unspecified atom stereocenters. The van der Waals surface area contributed by atoms with Crippen LogP contribution in [0.3, 0.4) is 0 Å². The maximum Gasteiger partial charge on any atom is 0.105 e. The van der Waals surface area contributed by atoms with Gasteiger partial charge in [-0.15, -0.1) is 0 Å². The third kappa shape index (κ3) is 10.3. The molecule has 0 aromatic rings. The van der Waals surface area contributed by atoms with Crippen LogP contribution in [0.15, 0.2) is 23.8 Å². The maximum atomic E-state index is 5.87. The smallest absolute Gasteiger partial charge is 0.105 e. The third-order valence-corrected chi connectivity index (χ3v) is 5.17. The molecule has 0 radical (unpaired) electrons. The monoisotopic (exact) mass is 334 g/mol. The van der Waals surface area contributed by atoms with Crippen LogP contribution < -0.4 is 0 Å². The number of hydrogen-bond donors (Lipinski definition) is 0. The first-order valence-electron chi connectivity index (χ1n) is 10.6. The quantitative estimate of drug-likeness (QED) is 0.169. The van der Waals surface area contributed by atoms with Crippen molar-refractivity contribution >= 4 is 0 Å². The second-order valence-corrected chi connectivity index (χ2v) is 8.07. The van der Waals surface area contributed by atoms with E-state index in [1.165, 1.54) is 76.2 Å². The van der Waals surface area contributed by atoms with Crippen molar-refractivity contribution in [1.29, 1.82) is 0 Å². The molecule has 140 valence electrons. The van der Waals surface area contributed by atoms with Gasteiger partial charge in [-0.1, -0.05) is 88.5 Å². The van der Waals surface area contributed by atoms with Gasteiger partial charge in [-0.25, -0.2) is 0 Å². The Kier molecular flexibility index (Phi) is 11.4. The van der Waals surface area contributed by atoms with Crippen molar-refractivity contribution in [2.24, 2.45) is 0 Å². The van der Waals surface area contributed by atoms with E-state index in [0.29, 0.717) is 6.10 Å². The molecule has 0 aromatic heterocycles. The van der Waals surface area contributed by atoms with Gasteiger partial charge in [0.1, 0.15) is 6.10 Å². The van der Waals surface area contributed by atoms with Crippen molar-refractivity contribution in [3.05, 3.63) is 23.8 Å². The molecule has 0 amide bonds. The standard InChI is InChI=1S/C23H42O/c1-5-6-7-8-9-10-11-12-13-14-15-16-19-22-23(4,24-22)20-17-18-21(2)3/h16,18-19,22H,5-15,17,20H2,1-4H3/t22-,23-/m0/s1. The molecule has 0 aliphatic carbocycles. The molecule has 1 aliphatic heterocycles. The van der Waals surface area contributed by atoms with E-state index in [2.05, 4.69) is 45.9 Å². The molecule has 1 aliphatic rings. The predicted molar refractivity (Wildman–Crippen MR) is 108 cm³/mol. The minimum absolute atomic E-state index is 0.111. The summed E-state index contributed by atoms with van der Waals surface area (Å²) in [5.74, 6) is 0. The highest BCUT2D eigenvalue weighted by Crippen LogP contribution is 2.41. The molecule has 0 N–H and O–H groups in total. The van der Waals surface area contributed by atoms with E-state index in [9.17, 15) is 0 Å². The highest BCUT2D eigenvalue weighted by molar-refractivity contribution is 5.11. The first kappa shape index (κ1) is 21.5. The van der Waals surface area contributed by atoms with Gasteiger partial charge in [0.15, 0.2) is 0 Å². The lowest BCUT2D eigenvalue weighted by Gasteiger charge is -2.02. The Bertz CT molecular complexity index is 364. The first-order chi connectivity index (χ1) is 11.6. The normalized spacial score (nSPS) is 22.9. The molecular weight excluding hydrogens is 292 g/mol. The summed E-state index contributed by atoms with van der Waals surface area (Å²) in [4.78, 5) is 0. The molecule has 0 saturated carbocycles. The number of unbranched alkanes of at least 4 members (excludes halogenated alkanes) is 10. The molecule has 1 heteroatoms. The van der Waals surface area contributed by atoms with Crippen molar-refractivity contribution in [2.75, 3.05) is 0 Å². The number of rotatable bonds is 15. The van der Waals surface area contributed by atoms with Gasteiger partial charge in [-0.3, -0.25) is 0 Å². The Morgan fingerprint density at radius 1 is 0.875 bits per heavy atom. The van der Waals surface area contributed by atoms with Gasteiger partial charge in [0.25, 0.3) is 0 Å². The minimum atomic E-state index is 0.111. The summed E-state index contributed by atoms with van der Waals surface area (Å²) < 4.78 is 5.87. The SMILES string of the molecule is CCCCCCCCCCCCC=C[C@@H]1O[C@@]1(C)CCC=C(C)C. The van der Waals surface area contributed by atoms with Crippen LogP contribution in [0.4, 0.5) is 0 Å². The zero-order chi connectivity index (χ0) is 17.7. The van der Waals surface area contributed by atoms with Gasteiger partial charge < -0.3 is 4.74 Å².